The Hall–Kier alpha value is -3.15. The smallest absolute Gasteiger partial charge is 0.174 e. The molecule has 2 atom stereocenters. The third-order valence-electron chi connectivity index (χ3n) is 6.21. The molecule has 164 valence electrons. The molecule has 2 aliphatic heterocycles. The molecule has 4 rings (SSSR count). The van der Waals surface area contributed by atoms with E-state index in [1.165, 1.54) is 23.8 Å². The minimum absolute atomic E-state index is 0.0226. The fourth-order valence-electron chi connectivity index (χ4n) is 4.38. The summed E-state index contributed by atoms with van der Waals surface area (Å²) in [4.78, 5) is 13.0. The van der Waals surface area contributed by atoms with Gasteiger partial charge in [-0.1, -0.05) is 11.6 Å². The van der Waals surface area contributed by atoms with Crippen molar-refractivity contribution in [1.29, 1.82) is 0 Å². The van der Waals surface area contributed by atoms with Gasteiger partial charge in [-0.05, 0) is 52.7 Å². The van der Waals surface area contributed by atoms with Crippen LogP contribution in [0.3, 0.4) is 0 Å². The predicted octanol–water partition coefficient (Wildman–Crippen LogP) is 5.20. The SMILES string of the molecule is CC(C)=CCC1Cc2c(cc(O)c3c2OC(c2ccc(O)cc2O)CC3=O)OC1(C)C. The van der Waals surface area contributed by atoms with E-state index in [0.717, 1.165) is 12.0 Å². The number of rotatable bonds is 3. The lowest BCUT2D eigenvalue weighted by Crippen LogP contribution is -2.42. The minimum atomic E-state index is -0.724. The number of hydrogen-bond acceptors (Lipinski definition) is 6. The molecule has 3 N–H and O–H groups in total. The summed E-state index contributed by atoms with van der Waals surface area (Å²) >= 11 is 0. The van der Waals surface area contributed by atoms with Crippen LogP contribution in [0, 0.1) is 5.92 Å². The third kappa shape index (κ3) is 3.82. The number of aromatic hydroxyl groups is 3. The fourth-order valence-corrected chi connectivity index (χ4v) is 4.38. The highest BCUT2D eigenvalue weighted by atomic mass is 16.5. The summed E-state index contributed by atoms with van der Waals surface area (Å²) in [5, 5.41) is 30.4. The number of phenols is 3. The van der Waals surface area contributed by atoms with Crippen molar-refractivity contribution in [2.24, 2.45) is 5.92 Å². The molecule has 0 fully saturated rings. The van der Waals surface area contributed by atoms with E-state index in [1.54, 1.807) is 6.07 Å². The summed E-state index contributed by atoms with van der Waals surface area (Å²) in [5.74, 6) is 0.352. The van der Waals surface area contributed by atoms with E-state index < -0.39 is 11.7 Å². The summed E-state index contributed by atoms with van der Waals surface area (Å²) in [5.41, 5.74) is 2.11. The van der Waals surface area contributed by atoms with Crippen LogP contribution in [0.15, 0.2) is 35.9 Å². The first-order valence-electron chi connectivity index (χ1n) is 10.5. The van der Waals surface area contributed by atoms with E-state index in [0.29, 0.717) is 23.5 Å². The molecule has 2 heterocycles. The Morgan fingerprint density at radius 1 is 1.13 bits per heavy atom. The molecule has 0 spiro atoms. The number of Topliss-reactive ketones (excluding diaryl/α,β-unsaturated/α-hetero) is 1. The molecular formula is C25H28O6. The fraction of sp³-hybridized carbons (Fsp3) is 0.400. The van der Waals surface area contributed by atoms with Crippen molar-refractivity contribution in [3.05, 3.63) is 52.6 Å². The van der Waals surface area contributed by atoms with E-state index >= 15 is 0 Å². The number of fused-ring (bicyclic) bond motifs is 3. The van der Waals surface area contributed by atoms with Crippen molar-refractivity contribution >= 4 is 5.78 Å². The van der Waals surface area contributed by atoms with Gasteiger partial charge in [0, 0.05) is 29.2 Å². The highest BCUT2D eigenvalue weighted by Gasteiger charge is 2.42. The molecule has 0 saturated heterocycles. The maximum Gasteiger partial charge on any atom is 0.174 e. The molecule has 0 aliphatic carbocycles. The second-order valence-electron chi connectivity index (χ2n) is 9.18. The van der Waals surface area contributed by atoms with Gasteiger partial charge >= 0.3 is 0 Å². The number of hydrogen-bond donors (Lipinski definition) is 3. The molecule has 31 heavy (non-hydrogen) atoms. The van der Waals surface area contributed by atoms with Crippen molar-refractivity contribution < 1.29 is 29.6 Å². The van der Waals surface area contributed by atoms with E-state index in [9.17, 15) is 20.1 Å². The van der Waals surface area contributed by atoms with E-state index in [-0.39, 0.29) is 40.9 Å². The topological polar surface area (TPSA) is 96.2 Å². The number of carbonyl (C=O) groups is 1. The summed E-state index contributed by atoms with van der Waals surface area (Å²) in [7, 11) is 0. The molecule has 2 aromatic carbocycles. The van der Waals surface area contributed by atoms with Crippen molar-refractivity contribution in [3.8, 4) is 28.7 Å². The summed E-state index contributed by atoms with van der Waals surface area (Å²) in [6.45, 7) is 8.17. The Kier molecular flexibility index (Phi) is 5.12. The standard InChI is InChI=1S/C25H28O6/c1-13(2)5-6-14-9-17-22(31-25(14,3)4)12-20(29)23-19(28)11-21(30-24(17)23)16-8-7-15(26)10-18(16)27/h5,7-8,10,12,14,21,26-27,29H,6,9,11H2,1-4H3. The van der Waals surface area contributed by atoms with Crippen LogP contribution in [-0.4, -0.2) is 26.7 Å². The molecule has 2 aromatic rings. The van der Waals surface area contributed by atoms with Crippen LogP contribution in [0.1, 0.15) is 68.1 Å². The van der Waals surface area contributed by atoms with Crippen LogP contribution in [-0.2, 0) is 6.42 Å². The Balaban J connectivity index is 1.78. The van der Waals surface area contributed by atoms with Crippen LogP contribution >= 0.6 is 0 Å². The Morgan fingerprint density at radius 2 is 1.87 bits per heavy atom. The number of benzene rings is 2. The van der Waals surface area contributed by atoms with Gasteiger partial charge in [0.1, 0.15) is 46.0 Å². The monoisotopic (exact) mass is 424 g/mol. The lowest BCUT2D eigenvalue weighted by molar-refractivity contribution is 0.0255. The van der Waals surface area contributed by atoms with Crippen LogP contribution < -0.4 is 9.47 Å². The van der Waals surface area contributed by atoms with Crippen LogP contribution in [0.4, 0.5) is 0 Å². The quantitative estimate of drug-likeness (QED) is 0.587. The van der Waals surface area contributed by atoms with E-state index in [1.807, 2.05) is 13.8 Å². The van der Waals surface area contributed by atoms with Gasteiger partial charge in [-0.25, -0.2) is 0 Å². The van der Waals surface area contributed by atoms with Crippen molar-refractivity contribution in [1.82, 2.24) is 0 Å². The molecule has 0 bridgehead atoms. The number of phenolic OH excluding ortho intramolecular Hbond substituents is 3. The van der Waals surface area contributed by atoms with Gasteiger partial charge in [0.25, 0.3) is 0 Å². The second kappa shape index (κ2) is 7.52. The second-order valence-corrected chi connectivity index (χ2v) is 9.18. The van der Waals surface area contributed by atoms with Gasteiger partial charge < -0.3 is 24.8 Å². The first kappa shape index (κ1) is 21.1. The van der Waals surface area contributed by atoms with Crippen LogP contribution in [0.2, 0.25) is 0 Å². The van der Waals surface area contributed by atoms with E-state index in [2.05, 4.69) is 19.9 Å². The van der Waals surface area contributed by atoms with Gasteiger partial charge in [-0.15, -0.1) is 0 Å². The summed E-state index contributed by atoms with van der Waals surface area (Å²) in [6, 6.07) is 5.71. The minimum Gasteiger partial charge on any atom is -0.508 e. The average Bonchev–Trinajstić information content (AvgIpc) is 2.65. The van der Waals surface area contributed by atoms with Gasteiger partial charge in [0.15, 0.2) is 5.78 Å². The number of carbonyl (C=O) groups excluding carboxylic acids is 1. The van der Waals surface area contributed by atoms with Gasteiger partial charge in [-0.3, -0.25) is 4.79 Å². The Labute approximate surface area is 181 Å². The van der Waals surface area contributed by atoms with Crippen LogP contribution in [0.5, 0.6) is 28.7 Å². The van der Waals surface area contributed by atoms with Gasteiger partial charge in [0.2, 0.25) is 0 Å². The van der Waals surface area contributed by atoms with Crippen molar-refractivity contribution in [3.63, 3.8) is 0 Å². The Morgan fingerprint density at radius 3 is 2.55 bits per heavy atom. The number of allylic oxidation sites excluding steroid dienone is 2. The average molecular weight is 424 g/mol. The first-order chi connectivity index (χ1) is 14.6. The molecule has 2 unspecified atom stereocenters. The maximum absolute atomic E-state index is 13.0. The zero-order chi connectivity index (χ0) is 22.5. The lowest BCUT2D eigenvalue weighted by atomic mass is 9.78. The first-order valence-corrected chi connectivity index (χ1v) is 10.5. The Bertz CT molecular complexity index is 1080. The van der Waals surface area contributed by atoms with Gasteiger partial charge in [-0.2, -0.15) is 0 Å². The van der Waals surface area contributed by atoms with Crippen molar-refractivity contribution in [2.45, 2.75) is 58.7 Å². The zero-order valence-corrected chi connectivity index (χ0v) is 18.2. The molecule has 6 heteroatoms. The maximum atomic E-state index is 13.0. The summed E-state index contributed by atoms with van der Waals surface area (Å²) in [6.07, 6.45) is 2.89. The molecule has 0 radical (unpaired) electrons. The molecule has 0 amide bonds. The highest BCUT2D eigenvalue weighted by Crippen LogP contribution is 2.51. The predicted molar refractivity (Wildman–Crippen MR) is 116 cm³/mol. The zero-order valence-electron chi connectivity index (χ0n) is 18.2. The number of ether oxygens (including phenoxy) is 2. The van der Waals surface area contributed by atoms with E-state index in [4.69, 9.17) is 9.47 Å². The molecule has 6 nitrogen and oxygen atoms in total. The number of ketones is 1. The molecule has 0 saturated carbocycles. The summed E-state index contributed by atoms with van der Waals surface area (Å²) < 4.78 is 12.5. The molecule has 2 aliphatic rings. The normalized spacial score (nSPS) is 21.4. The van der Waals surface area contributed by atoms with Crippen molar-refractivity contribution in [2.75, 3.05) is 0 Å². The largest absolute Gasteiger partial charge is 0.508 e. The lowest BCUT2D eigenvalue weighted by Gasteiger charge is -2.41. The van der Waals surface area contributed by atoms with Gasteiger partial charge in [0.05, 0.1) is 6.42 Å². The molecular weight excluding hydrogens is 396 g/mol. The highest BCUT2D eigenvalue weighted by molar-refractivity contribution is 6.03. The molecule has 0 aromatic heterocycles. The third-order valence-corrected chi connectivity index (χ3v) is 6.21. The van der Waals surface area contributed by atoms with Crippen LogP contribution in [0.25, 0.3) is 0 Å².